The van der Waals surface area contributed by atoms with Crippen LogP contribution in [-0.4, -0.2) is 23.5 Å². The van der Waals surface area contributed by atoms with Gasteiger partial charge in [-0.25, -0.2) is 4.98 Å². The van der Waals surface area contributed by atoms with E-state index in [0.717, 1.165) is 39.7 Å². The van der Waals surface area contributed by atoms with Crippen LogP contribution in [0.25, 0.3) is 10.6 Å². The van der Waals surface area contributed by atoms with Crippen LogP contribution < -0.4 is 15.8 Å². The first kappa shape index (κ1) is 16.0. The van der Waals surface area contributed by atoms with Crippen LogP contribution in [0.1, 0.15) is 36.4 Å². The third-order valence-electron chi connectivity index (χ3n) is 4.15. The molecule has 2 aromatic rings. The van der Waals surface area contributed by atoms with Gasteiger partial charge in [0.2, 0.25) is 5.91 Å². The van der Waals surface area contributed by atoms with Gasteiger partial charge in [-0.2, -0.15) is 0 Å². The summed E-state index contributed by atoms with van der Waals surface area (Å²) in [6, 6.07) is 7.73. The zero-order chi connectivity index (χ0) is 16.6. The minimum Gasteiger partial charge on any atom is -0.497 e. The summed E-state index contributed by atoms with van der Waals surface area (Å²) < 4.78 is 5.18. The van der Waals surface area contributed by atoms with Crippen molar-refractivity contribution in [2.45, 2.75) is 38.3 Å². The lowest BCUT2D eigenvalue weighted by Gasteiger charge is -2.16. The number of rotatable bonds is 5. The van der Waals surface area contributed by atoms with E-state index in [1.165, 1.54) is 0 Å². The summed E-state index contributed by atoms with van der Waals surface area (Å²) in [7, 11) is 1.65. The molecule has 0 bridgehead atoms. The Hall–Kier alpha value is -1.92. The highest BCUT2D eigenvalue weighted by atomic mass is 32.1. The number of hydrogen-bond acceptors (Lipinski definition) is 5. The minimum absolute atomic E-state index is 0.0659. The maximum absolute atomic E-state index is 12.1. The maximum atomic E-state index is 12.1. The SMILES string of the molecule is COc1ccc(-c2nc(C)c(C(C)NC(=O)C3(N)CC3)s2)cc1. The Morgan fingerprint density at radius 1 is 1.39 bits per heavy atom. The number of nitrogens with one attached hydrogen (secondary N) is 1. The summed E-state index contributed by atoms with van der Waals surface area (Å²) in [5.74, 6) is 0.754. The topological polar surface area (TPSA) is 77.2 Å². The van der Waals surface area contributed by atoms with Crippen molar-refractivity contribution in [2.75, 3.05) is 7.11 Å². The number of ether oxygens (including phenoxy) is 1. The fraction of sp³-hybridized carbons (Fsp3) is 0.412. The maximum Gasteiger partial charge on any atom is 0.240 e. The Balaban J connectivity index is 1.78. The molecule has 1 aromatic carbocycles. The predicted octanol–water partition coefficient (Wildman–Crippen LogP) is 2.80. The third kappa shape index (κ3) is 3.23. The number of nitrogens with zero attached hydrogens (tertiary/aromatic N) is 1. The van der Waals surface area contributed by atoms with Crippen LogP contribution >= 0.6 is 11.3 Å². The monoisotopic (exact) mass is 331 g/mol. The van der Waals surface area contributed by atoms with Crippen LogP contribution in [0.3, 0.4) is 0 Å². The number of carbonyl (C=O) groups is 1. The highest BCUT2D eigenvalue weighted by molar-refractivity contribution is 7.15. The Kier molecular flexibility index (Phi) is 4.12. The first-order valence-electron chi connectivity index (χ1n) is 7.64. The average Bonchev–Trinajstić information content (AvgIpc) is 3.18. The van der Waals surface area contributed by atoms with E-state index in [4.69, 9.17) is 10.5 Å². The number of benzene rings is 1. The molecule has 1 atom stereocenters. The summed E-state index contributed by atoms with van der Waals surface area (Å²) in [4.78, 5) is 17.8. The van der Waals surface area contributed by atoms with E-state index in [2.05, 4.69) is 10.3 Å². The van der Waals surface area contributed by atoms with Gasteiger partial charge >= 0.3 is 0 Å². The molecule has 6 heteroatoms. The van der Waals surface area contributed by atoms with Gasteiger partial charge in [0.05, 0.1) is 29.3 Å². The van der Waals surface area contributed by atoms with Gasteiger partial charge in [-0.3, -0.25) is 4.79 Å². The normalized spacial score (nSPS) is 16.7. The summed E-state index contributed by atoms with van der Waals surface area (Å²) >= 11 is 1.60. The van der Waals surface area contributed by atoms with E-state index in [1.54, 1.807) is 18.4 Å². The van der Waals surface area contributed by atoms with E-state index < -0.39 is 5.54 Å². The van der Waals surface area contributed by atoms with Crippen LogP contribution in [0.2, 0.25) is 0 Å². The first-order valence-corrected chi connectivity index (χ1v) is 8.46. The molecule has 3 rings (SSSR count). The van der Waals surface area contributed by atoms with E-state index >= 15 is 0 Å². The quantitative estimate of drug-likeness (QED) is 0.883. The lowest BCUT2D eigenvalue weighted by Crippen LogP contribution is -2.43. The van der Waals surface area contributed by atoms with Gasteiger partial charge in [0, 0.05) is 5.56 Å². The number of nitrogens with two attached hydrogens (primary N) is 1. The lowest BCUT2D eigenvalue weighted by molar-refractivity contribution is -0.123. The molecule has 5 nitrogen and oxygen atoms in total. The molecule has 122 valence electrons. The molecule has 1 aliphatic rings. The van der Waals surface area contributed by atoms with Crippen molar-refractivity contribution >= 4 is 17.2 Å². The predicted molar refractivity (Wildman–Crippen MR) is 91.5 cm³/mol. The standard InChI is InChI=1S/C17H21N3O2S/c1-10-14(11(2)20-16(21)17(18)8-9-17)23-15(19-10)12-4-6-13(22-3)7-5-12/h4-7,11H,8-9,18H2,1-3H3,(H,20,21). The van der Waals surface area contributed by atoms with E-state index in [0.29, 0.717) is 0 Å². The van der Waals surface area contributed by atoms with E-state index in [9.17, 15) is 4.79 Å². The Bertz CT molecular complexity index is 720. The molecule has 1 heterocycles. The number of amides is 1. The summed E-state index contributed by atoms with van der Waals surface area (Å²) in [6.07, 6.45) is 1.54. The molecule has 0 saturated heterocycles. The van der Waals surface area contributed by atoms with Crippen molar-refractivity contribution in [3.8, 4) is 16.3 Å². The summed E-state index contributed by atoms with van der Waals surface area (Å²) in [5.41, 5.74) is 7.28. The third-order valence-corrected chi connectivity index (χ3v) is 5.54. The molecule has 1 aliphatic carbocycles. The van der Waals surface area contributed by atoms with Crippen LogP contribution in [0, 0.1) is 6.92 Å². The summed E-state index contributed by atoms with van der Waals surface area (Å²) in [6.45, 7) is 3.94. The molecule has 1 fully saturated rings. The van der Waals surface area contributed by atoms with Crippen molar-refractivity contribution in [3.63, 3.8) is 0 Å². The van der Waals surface area contributed by atoms with Gasteiger partial charge in [-0.05, 0) is 51.0 Å². The molecular formula is C17H21N3O2S. The van der Waals surface area contributed by atoms with Crippen LogP contribution in [0.15, 0.2) is 24.3 Å². The van der Waals surface area contributed by atoms with Crippen molar-refractivity contribution in [1.82, 2.24) is 10.3 Å². The summed E-state index contributed by atoms with van der Waals surface area (Å²) in [5, 5.41) is 3.95. The molecule has 3 N–H and O–H groups in total. The molecule has 1 saturated carbocycles. The second-order valence-corrected chi connectivity index (χ2v) is 7.08. The number of aromatic nitrogens is 1. The molecule has 0 radical (unpaired) electrons. The van der Waals surface area contributed by atoms with Gasteiger partial charge in [0.25, 0.3) is 0 Å². The molecular weight excluding hydrogens is 310 g/mol. The van der Waals surface area contributed by atoms with E-state index in [-0.39, 0.29) is 11.9 Å². The molecule has 1 unspecified atom stereocenters. The highest BCUT2D eigenvalue weighted by Gasteiger charge is 2.46. The van der Waals surface area contributed by atoms with E-state index in [1.807, 2.05) is 38.1 Å². The van der Waals surface area contributed by atoms with Crippen molar-refractivity contribution < 1.29 is 9.53 Å². The average molecular weight is 331 g/mol. The first-order chi connectivity index (χ1) is 10.9. The van der Waals surface area contributed by atoms with Crippen molar-refractivity contribution in [1.29, 1.82) is 0 Å². The number of thiazole rings is 1. The molecule has 1 aromatic heterocycles. The zero-order valence-corrected chi connectivity index (χ0v) is 14.4. The van der Waals surface area contributed by atoms with Gasteiger partial charge in [-0.1, -0.05) is 0 Å². The Labute approximate surface area is 139 Å². The largest absolute Gasteiger partial charge is 0.497 e. The smallest absolute Gasteiger partial charge is 0.240 e. The zero-order valence-electron chi connectivity index (χ0n) is 13.6. The Morgan fingerprint density at radius 2 is 2.04 bits per heavy atom. The van der Waals surface area contributed by atoms with Crippen molar-refractivity contribution in [3.05, 3.63) is 34.8 Å². The molecule has 0 aliphatic heterocycles. The van der Waals surface area contributed by atoms with Gasteiger partial charge < -0.3 is 15.8 Å². The molecule has 23 heavy (non-hydrogen) atoms. The van der Waals surface area contributed by atoms with Crippen LogP contribution in [-0.2, 0) is 4.79 Å². The number of carbonyl (C=O) groups excluding carboxylic acids is 1. The number of methoxy groups -OCH3 is 1. The number of aryl methyl sites for hydroxylation is 1. The van der Waals surface area contributed by atoms with Gasteiger partial charge in [-0.15, -0.1) is 11.3 Å². The minimum atomic E-state index is -0.647. The van der Waals surface area contributed by atoms with Crippen LogP contribution in [0.4, 0.5) is 0 Å². The van der Waals surface area contributed by atoms with Crippen LogP contribution in [0.5, 0.6) is 5.75 Å². The Morgan fingerprint density at radius 3 is 2.61 bits per heavy atom. The fourth-order valence-electron chi connectivity index (χ4n) is 2.43. The molecule has 1 amide bonds. The lowest BCUT2D eigenvalue weighted by atomic mass is 10.2. The fourth-order valence-corrected chi connectivity index (χ4v) is 3.51. The number of hydrogen-bond donors (Lipinski definition) is 2. The molecule has 0 spiro atoms. The highest BCUT2D eigenvalue weighted by Crippen LogP contribution is 2.35. The second kappa shape index (κ2) is 5.94. The van der Waals surface area contributed by atoms with Gasteiger partial charge in [0.1, 0.15) is 10.8 Å². The second-order valence-electron chi connectivity index (χ2n) is 6.05. The van der Waals surface area contributed by atoms with Crippen molar-refractivity contribution in [2.24, 2.45) is 5.73 Å². The van der Waals surface area contributed by atoms with Gasteiger partial charge in [0.15, 0.2) is 0 Å².